The number of nitrogens with one attached hydrogen (secondary N) is 1. The lowest BCUT2D eigenvalue weighted by molar-refractivity contribution is -0.123. The number of rotatable bonds is 5. The van der Waals surface area contributed by atoms with E-state index >= 15 is 0 Å². The number of hydrogen-bond donors (Lipinski definition) is 2. The average molecular weight is 323 g/mol. The SMILES string of the molecule is O=C(COc1cccc(F)c1)N/N=C/c1cc(Cl)ccc1O. The van der Waals surface area contributed by atoms with Crippen LogP contribution in [0.15, 0.2) is 47.6 Å². The first-order chi connectivity index (χ1) is 10.5. The summed E-state index contributed by atoms with van der Waals surface area (Å²) >= 11 is 5.78. The lowest BCUT2D eigenvalue weighted by atomic mass is 10.2. The molecule has 0 bridgehead atoms. The molecule has 0 aliphatic rings. The minimum atomic E-state index is -0.526. The second-order valence-electron chi connectivity index (χ2n) is 4.24. The molecule has 5 nitrogen and oxygen atoms in total. The van der Waals surface area contributed by atoms with Crippen LogP contribution >= 0.6 is 11.6 Å². The fourth-order valence-corrected chi connectivity index (χ4v) is 1.72. The van der Waals surface area contributed by atoms with E-state index in [0.29, 0.717) is 10.6 Å². The highest BCUT2D eigenvalue weighted by Gasteiger charge is 2.03. The Morgan fingerprint density at radius 1 is 1.36 bits per heavy atom. The lowest BCUT2D eigenvalue weighted by Crippen LogP contribution is -2.24. The molecule has 0 saturated carbocycles. The van der Waals surface area contributed by atoms with Crippen LogP contribution in [0.2, 0.25) is 5.02 Å². The first kappa shape index (κ1) is 15.8. The monoisotopic (exact) mass is 322 g/mol. The van der Waals surface area contributed by atoms with Crippen LogP contribution in [0.25, 0.3) is 0 Å². The molecule has 0 radical (unpaired) electrons. The van der Waals surface area contributed by atoms with E-state index in [1.54, 1.807) is 0 Å². The van der Waals surface area contributed by atoms with Gasteiger partial charge in [0.15, 0.2) is 6.61 Å². The Hall–Kier alpha value is -2.60. The van der Waals surface area contributed by atoms with E-state index in [1.165, 1.54) is 48.7 Å². The average Bonchev–Trinajstić information content (AvgIpc) is 2.49. The number of hydrazone groups is 1. The third-order valence-electron chi connectivity index (χ3n) is 2.55. The second kappa shape index (κ2) is 7.42. The fraction of sp³-hybridized carbons (Fsp3) is 0.0667. The summed E-state index contributed by atoms with van der Waals surface area (Å²) in [6, 6.07) is 9.88. The Morgan fingerprint density at radius 3 is 2.95 bits per heavy atom. The van der Waals surface area contributed by atoms with Crippen LogP contribution in [0.1, 0.15) is 5.56 Å². The van der Waals surface area contributed by atoms with Gasteiger partial charge in [-0.05, 0) is 30.3 Å². The number of hydrogen-bond acceptors (Lipinski definition) is 4. The number of phenolic OH excluding ortho intramolecular Hbond substituents is 1. The lowest BCUT2D eigenvalue weighted by Gasteiger charge is -2.04. The van der Waals surface area contributed by atoms with Crippen molar-refractivity contribution in [1.82, 2.24) is 5.43 Å². The quantitative estimate of drug-likeness (QED) is 0.657. The van der Waals surface area contributed by atoms with Gasteiger partial charge in [0.2, 0.25) is 0 Å². The second-order valence-corrected chi connectivity index (χ2v) is 4.68. The van der Waals surface area contributed by atoms with Crippen molar-refractivity contribution >= 4 is 23.7 Å². The molecule has 2 aromatic rings. The molecule has 0 aromatic heterocycles. The number of benzene rings is 2. The summed E-state index contributed by atoms with van der Waals surface area (Å²) in [6.07, 6.45) is 1.25. The van der Waals surface area contributed by atoms with E-state index in [4.69, 9.17) is 16.3 Å². The van der Waals surface area contributed by atoms with Gasteiger partial charge in [-0.15, -0.1) is 0 Å². The zero-order valence-electron chi connectivity index (χ0n) is 11.3. The number of ether oxygens (including phenoxy) is 1. The summed E-state index contributed by atoms with van der Waals surface area (Å²) < 4.78 is 18.0. The minimum Gasteiger partial charge on any atom is -0.507 e. The van der Waals surface area contributed by atoms with Gasteiger partial charge in [0.1, 0.15) is 17.3 Å². The van der Waals surface area contributed by atoms with Crippen molar-refractivity contribution in [3.63, 3.8) is 0 Å². The Kier molecular flexibility index (Phi) is 5.32. The van der Waals surface area contributed by atoms with E-state index in [-0.39, 0.29) is 18.1 Å². The third kappa shape index (κ3) is 4.75. The van der Waals surface area contributed by atoms with Crippen LogP contribution < -0.4 is 10.2 Å². The summed E-state index contributed by atoms with van der Waals surface area (Å²) in [4.78, 5) is 11.5. The van der Waals surface area contributed by atoms with Crippen molar-refractivity contribution < 1.29 is 19.0 Å². The number of carbonyl (C=O) groups is 1. The van der Waals surface area contributed by atoms with Crippen LogP contribution in [0, 0.1) is 5.82 Å². The first-order valence-corrected chi connectivity index (χ1v) is 6.61. The van der Waals surface area contributed by atoms with Gasteiger partial charge in [0.05, 0.1) is 6.21 Å². The number of phenols is 1. The van der Waals surface area contributed by atoms with Crippen molar-refractivity contribution in [2.45, 2.75) is 0 Å². The number of aromatic hydroxyl groups is 1. The highest BCUT2D eigenvalue weighted by molar-refractivity contribution is 6.30. The van der Waals surface area contributed by atoms with E-state index in [0.717, 1.165) is 0 Å². The Bertz CT molecular complexity index is 707. The molecule has 7 heteroatoms. The molecule has 0 aliphatic heterocycles. The van der Waals surface area contributed by atoms with Gasteiger partial charge >= 0.3 is 0 Å². The van der Waals surface area contributed by atoms with Crippen molar-refractivity contribution in [2.75, 3.05) is 6.61 Å². The molecule has 2 aromatic carbocycles. The summed E-state index contributed by atoms with van der Waals surface area (Å²) in [6.45, 7) is -0.317. The van der Waals surface area contributed by atoms with Crippen molar-refractivity contribution in [2.24, 2.45) is 5.10 Å². The molecule has 0 unspecified atom stereocenters. The smallest absolute Gasteiger partial charge is 0.277 e. The minimum absolute atomic E-state index is 0.0154. The van der Waals surface area contributed by atoms with Gasteiger partial charge in [-0.1, -0.05) is 17.7 Å². The van der Waals surface area contributed by atoms with Crippen molar-refractivity contribution in [1.29, 1.82) is 0 Å². The maximum Gasteiger partial charge on any atom is 0.277 e. The summed E-state index contributed by atoms with van der Waals surface area (Å²) in [7, 11) is 0. The number of amides is 1. The highest BCUT2D eigenvalue weighted by Crippen LogP contribution is 2.19. The molecule has 0 atom stereocenters. The third-order valence-corrected chi connectivity index (χ3v) is 2.78. The standard InChI is InChI=1S/C15H12ClFN2O3/c16-11-4-5-14(20)10(6-11)8-18-19-15(21)9-22-13-3-1-2-12(17)7-13/h1-8,20H,9H2,(H,19,21)/b18-8+. The molecule has 0 saturated heterocycles. The molecule has 0 heterocycles. The predicted octanol–water partition coefficient (Wildman–Crippen LogP) is 2.71. The first-order valence-electron chi connectivity index (χ1n) is 6.23. The van der Waals surface area contributed by atoms with Gasteiger partial charge in [-0.2, -0.15) is 5.10 Å². The Balaban J connectivity index is 1.85. The molecular formula is C15H12ClFN2O3. The van der Waals surface area contributed by atoms with Gasteiger partial charge in [0, 0.05) is 16.7 Å². The van der Waals surface area contributed by atoms with Gasteiger partial charge in [-0.25, -0.2) is 9.82 Å². The maximum absolute atomic E-state index is 12.9. The van der Waals surface area contributed by atoms with Gasteiger partial charge < -0.3 is 9.84 Å². The van der Waals surface area contributed by atoms with E-state index in [1.807, 2.05) is 0 Å². The molecule has 22 heavy (non-hydrogen) atoms. The van der Waals surface area contributed by atoms with Gasteiger partial charge in [-0.3, -0.25) is 4.79 Å². The fourth-order valence-electron chi connectivity index (χ4n) is 1.54. The number of carbonyl (C=O) groups excluding carboxylic acids is 1. The summed E-state index contributed by atoms with van der Waals surface area (Å²) in [5.74, 6) is -0.751. The maximum atomic E-state index is 12.9. The summed E-state index contributed by atoms with van der Waals surface area (Å²) in [5.41, 5.74) is 2.58. The van der Waals surface area contributed by atoms with E-state index in [9.17, 15) is 14.3 Å². The number of nitrogens with zero attached hydrogens (tertiary/aromatic N) is 1. The van der Waals surface area contributed by atoms with Gasteiger partial charge in [0.25, 0.3) is 5.91 Å². The molecule has 1 amide bonds. The van der Waals surface area contributed by atoms with Crippen molar-refractivity contribution in [3.8, 4) is 11.5 Å². The summed E-state index contributed by atoms with van der Waals surface area (Å²) in [5, 5.41) is 13.7. The molecular weight excluding hydrogens is 311 g/mol. The highest BCUT2D eigenvalue weighted by atomic mass is 35.5. The van der Waals surface area contributed by atoms with E-state index < -0.39 is 11.7 Å². The van der Waals surface area contributed by atoms with Crippen LogP contribution in [0.5, 0.6) is 11.5 Å². The molecule has 2 N–H and O–H groups in total. The van der Waals surface area contributed by atoms with Crippen LogP contribution in [0.4, 0.5) is 4.39 Å². The van der Waals surface area contributed by atoms with Crippen molar-refractivity contribution in [3.05, 3.63) is 58.9 Å². The number of halogens is 2. The molecule has 114 valence electrons. The Morgan fingerprint density at radius 2 is 2.18 bits per heavy atom. The predicted molar refractivity (Wildman–Crippen MR) is 80.7 cm³/mol. The zero-order valence-corrected chi connectivity index (χ0v) is 12.0. The van der Waals surface area contributed by atoms with E-state index in [2.05, 4.69) is 10.5 Å². The molecule has 0 fully saturated rings. The molecule has 2 rings (SSSR count). The Labute approximate surface area is 131 Å². The molecule has 0 aliphatic carbocycles. The largest absolute Gasteiger partial charge is 0.507 e. The van der Waals surface area contributed by atoms with Crippen LogP contribution in [0.3, 0.4) is 0 Å². The molecule has 0 spiro atoms. The van der Waals surface area contributed by atoms with Crippen LogP contribution in [-0.2, 0) is 4.79 Å². The topological polar surface area (TPSA) is 70.9 Å². The van der Waals surface area contributed by atoms with Crippen LogP contribution in [-0.4, -0.2) is 23.8 Å². The normalized spacial score (nSPS) is 10.6. The zero-order chi connectivity index (χ0) is 15.9.